The van der Waals surface area contributed by atoms with Crippen LogP contribution in [0.1, 0.15) is 59.4 Å². The molecule has 1 fully saturated rings. The van der Waals surface area contributed by atoms with Gasteiger partial charge in [0.05, 0.1) is 0 Å². The monoisotopic (exact) mass is 294 g/mol. The lowest BCUT2D eigenvalue weighted by molar-refractivity contribution is 0.124. The highest BCUT2D eigenvalue weighted by atomic mass is 35.5. The molecule has 2 heteroatoms. The van der Waals surface area contributed by atoms with E-state index in [2.05, 4.69) is 58.9 Å². The molecule has 20 heavy (non-hydrogen) atoms. The largest absolute Gasteiger partial charge is 0.490 e. The molecule has 0 N–H and O–H groups in total. The Morgan fingerprint density at radius 3 is 2.05 bits per heavy atom. The maximum Gasteiger partial charge on any atom is 0.119 e. The molecule has 0 aliphatic heterocycles. The van der Waals surface area contributed by atoms with E-state index >= 15 is 0 Å². The van der Waals surface area contributed by atoms with Crippen LogP contribution in [0.5, 0.6) is 5.75 Å². The maximum atomic E-state index is 5.98. The van der Waals surface area contributed by atoms with Crippen molar-refractivity contribution in [1.82, 2.24) is 0 Å². The number of ether oxygens (including phenoxy) is 1. The second kappa shape index (κ2) is 5.60. The van der Waals surface area contributed by atoms with Crippen molar-refractivity contribution >= 4 is 11.6 Å². The number of benzene rings is 1. The number of hydrogen-bond donors (Lipinski definition) is 0. The molecule has 0 spiro atoms. The summed E-state index contributed by atoms with van der Waals surface area (Å²) in [6.45, 7) is 11.5. The minimum Gasteiger partial charge on any atom is -0.490 e. The van der Waals surface area contributed by atoms with Gasteiger partial charge in [0.15, 0.2) is 0 Å². The Morgan fingerprint density at radius 2 is 1.60 bits per heavy atom. The summed E-state index contributed by atoms with van der Waals surface area (Å²) >= 11 is 5.98. The van der Waals surface area contributed by atoms with E-state index in [-0.39, 0.29) is 5.41 Å². The lowest BCUT2D eigenvalue weighted by Gasteiger charge is -2.33. The van der Waals surface area contributed by atoms with Gasteiger partial charge in [-0.2, -0.15) is 0 Å². The molecule has 0 heterocycles. The first-order valence-electron chi connectivity index (χ1n) is 7.57. The fourth-order valence-corrected chi connectivity index (χ4v) is 3.60. The summed E-state index contributed by atoms with van der Waals surface area (Å²) < 4.78 is 5.90. The molecule has 0 saturated heterocycles. The standard InChI is InChI=1S/C18H27ClO/c1-17(2,3)12-18(4,5)13-6-8-15(9-7-13)20-16-10-14(19)11-16/h6-9,14,16H,10-12H2,1-5H3. The van der Waals surface area contributed by atoms with Crippen molar-refractivity contribution in [3.05, 3.63) is 29.8 Å². The molecule has 1 aliphatic carbocycles. The van der Waals surface area contributed by atoms with Gasteiger partial charge < -0.3 is 4.74 Å². The van der Waals surface area contributed by atoms with Gasteiger partial charge in [0, 0.05) is 18.2 Å². The number of halogens is 1. The molecule has 1 nitrogen and oxygen atoms in total. The van der Waals surface area contributed by atoms with Crippen molar-refractivity contribution in [2.45, 2.75) is 70.8 Å². The Hall–Kier alpha value is -0.690. The van der Waals surface area contributed by atoms with Crippen LogP contribution in [-0.2, 0) is 5.41 Å². The van der Waals surface area contributed by atoms with Crippen LogP contribution in [0.25, 0.3) is 0 Å². The summed E-state index contributed by atoms with van der Waals surface area (Å²) in [6, 6.07) is 8.61. The second-order valence-electron chi connectivity index (χ2n) is 7.95. The van der Waals surface area contributed by atoms with E-state index in [1.165, 1.54) is 5.56 Å². The third-order valence-corrected chi connectivity index (χ3v) is 4.30. The third kappa shape index (κ3) is 4.15. The van der Waals surface area contributed by atoms with E-state index in [9.17, 15) is 0 Å². The molecule has 1 aromatic rings. The van der Waals surface area contributed by atoms with Crippen molar-refractivity contribution in [2.24, 2.45) is 5.41 Å². The van der Waals surface area contributed by atoms with E-state index in [1.54, 1.807) is 0 Å². The predicted molar refractivity (Wildman–Crippen MR) is 86.8 cm³/mol. The van der Waals surface area contributed by atoms with Gasteiger partial charge in [0.2, 0.25) is 0 Å². The average Bonchev–Trinajstić information content (AvgIpc) is 2.24. The Labute approximate surface area is 128 Å². The fourth-order valence-electron chi connectivity index (χ4n) is 3.20. The maximum absolute atomic E-state index is 5.98. The lowest BCUT2D eigenvalue weighted by atomic mass is 9.72. The molecule has 0 atom stereocenters. The number of rotatable bonds is 4. The van der Waals surface area contributed by atoms with E-state index in [1.807, 2.05) is 0 Å². The summed E-state index contributed by atoms with van der Waals surface area (Å²) in [7, 11) is 0. The van der Waals surface area contributed by atoms with Gasteiger partial charge in [-0.3, -0.25) is 0 Å². The van der Waals surface area contributed by atoms with Gasteiger partial charge in [-0.05, 0) is 34.9 Å². The first-order valence-corrected chi connectivity index (χ1v) is 8.01. The lowest BCUT2D eigenvalue weighted by Crippen LogP contribution is -2.34. The van der Waals surface area contributed by atoms with E-state index in [0.717, 1.165) is 25.0 Å². The molecule has 0 bridgehead atoms. The highest BCUT2D eigenvalue weighted by Crippen LogP contribution is 2.37. The quantitative estimate of drug-likeness (QED) is 0.662. The van der Waals surface area contributed by atoms with Crippen LogP contribution < -0.4 is 4.74 Å². The number of alkyl halides is 1. The molecule has 0 unspecified atom stereocenters. The van der Waals surface area contributed by atoms with E-state index in [4.69, 9.17) is 16.3 Å². The Morgan fingerprint density at radius 1 is 1.05 bits per heavy atom. The van der Waals surface area contributed by atoms with Crippen LogP contribution in [-0.4, -0.2) is 11.5 Å². The average molecular weight is 295 g/mol. The highest BCUT2D eigenvalue weighted by Gasteiger charge is 2.30. The summed E-state index contributed by atoms with van der Waals surface area (Å²) in [5.41, 5.74) is 1.90. The molecular formula is C18H27ClO. The van der Waals surface area contributed by atoms with Crippen molar-refractivity contribution < 1.29 is 4.74 Å². The van der Waals surface area contributed by atoms with Crippen LogP contribution in [0.4, 0.5) is 0 Å². The summed E-state index contributed by atoms with van der Waals surface area (Å²) in [5, 5.41) is 0.310. The predicted octanol–water partition coefficient (Wildman–Crippen LogP) is 5.55. The molecule has 1 aromatic carbocycles. The minimum atomic E-state index is 0.189. The van der Waals surface area contributed by atoms with E-state index < -0.39 is 0 Å². The first kappa shape index (κ1) is 15.7. The SMILES string of the molecule is CC(C)(C)CC(C)(C)c1ccc(OC2CC(Cl)C2)cc1. The zero-order valence-corrected chi connectivity index (χ0v) is 14.1. The van der Waals surface area contributed by atoms with Crippen LogP contribution in [0.2, 0.25) is 0 Å². The minimum absolute atomic E-state index is 0.189. The Kier molecular flexibility index (Phi) is 4.39. The van der Waals surface area contributed by atoms with Crippen molar-refractivity contribution in [3.63, 3.8) is 0 Å². The third-order valence-electron chi connectivity index (χ3n) is 3.95. The van der Waals surface area contributed by atoms with Crippen molar-refractivity contribution in [2.75, 3.05) is 0 Å². The van der Waals surface area contributed by atoms with Crippen LogP contribution in [0, 0.1) is 5.41 Å². The normalized spacial score (nSPS) is 23.3. The topological polar surface area (TPSA) is 9.23 Å². The summed E-state index contributed by atoms with van der Waals surface area (Å²) in [6.07, 6.45) is 3.42. The zero-order chi connectivity index (χ0) is 15.0. The Bertz CT molecular complexity index is 435. The summed E-state index contributed by atoms with van der Waals surface area (Å²) in [4.78, 5) is 0. The van der Waals surface area contributed by atoms with Crippen LogP contribution in [0.3, 0.4) is 0 Å². The van der Waals surface area contributed by atoms with Gasteiger partial charge in [0.1, 0.15) is 11.9 Å². The van der Waals surface area contributed by atoms with Crippen LogP contribution >= 0.6 is 11.6 Å². The first-order chi connectivity index (χ1) is 9.16. The highest BCUT2D eigenvalue weighted by molar-refractivity contribution is 6.21. The smallest absolute Gasteiger partial charge is 0.119 e. The zero-order valence-electron chi connectivity index (χ0n) is 13.4. The summed E-state index contributed by atoms with van der Waals surface area (Å²) in [5.74, 6) is 0.967. The van der Waals surface area contributed by atoms with Gasteiger partial charge in [0.25, 0.3) is 0 Å². The molecule has 1 aliphatic rings. The molecule has 2 rings (SSSR count). The number of hydrogen-bond acceptors (Lipinski definition) is 1. The Balaban J connectivity index is 2.00. The van der Waals surface area contributed by atoms with Gasteiger partial charge in [-0.1, -0.05) is 46.8 Å². The molecule has 112 valence electrons. The van der Waals surface area contributed by atoms with Gasteiger partial charge in [-0.15, -0.1) is 11.6 Å². The van der Waals surface area contributed by atoms with E-state index in [0.29, 0.717) is 16.9 Å². The van der Waals surface area contributed by atoms with Crippen molar-refractivity contribution in [1.29, 1.82) is 0 Å². The molecule has 1 saturated carbocycles. The fraction of sp³-hybridized carbons (Fsp3) is 0.667. The molecule has 0 amide bonds. The molecule has 0 aromatic heterocycles. The molecule has 0 radical (unpaired) electrons. The molecular weight excluding hydrogens is 268 g/mol. The van der Waals surface area contributed by atoms with Crippen LogP contribution in [0.15, 0.2) is 24.3 Å². The van der Waals surface area contributed by atoms with Gasteiger partial charge in [-0.25, -0.2) is 0 Å². The van der Waals surface area contributed by atoms with Crippen molar-refractivity contribution in [3.8, 4) is 5.75 Å². The second-order valence-corrected chi connectivity index (χ2v) is 8.57. The van der Waals surface area contributed by atoms with Gasteiger partial charge >= 0.3 is 0 Å².